The molecule has 92 valence electrons. The zero-order valence-electron chi connectivity index (χ0n) is 10.0. The lowest BCUT2D eigenvalue weighted by Gasteiger charge is -2.08. The van der Waals surface area contributed by atoms with E-state index in [2.05, 4.69) is 9.97 Å². The van der Waals surface area contributed by atoms with Crippen molar-refractivity contribution < 1.29 is 14.6 Å². The standard InChI is InChI=1S/C13H12N2O3/c1-8-3-4-10(6-14-8)18-12-5-9(2)15-7-11(12)13(16)17/h3-7H,1-2H3,(H,16,17). The Morgan fingerprint density at radius 2 is 1.89 bits per heavy atom. The van der Waals surface area contributed by atoms with E-state index in [4.69, 9.17) is 9.84 Å². The first-order valence-electron chi connectivity index (χ1n) is 5.36. The fourth-order valence-corrected chi connectivity index (χ4v) is 1.42. The molecular weight excluding hydrogens is 232 g/mol. The quantitative estimate of drug-likeness (QED) is 0.898. The smallest absolute Gasteiger partial charge is 0.341 e. The molecule has 1 N–H and O–H groups in total. The van der Waals surface area contributed by atoms with E-state index in [9.17, 15) is 4.79 Å². The first-order chi connectivity index (χ1) is 8.56. The van der Waals surface area contributed by atoms with Gasteiger partial charge >= 0.3 is 5.97 Å². The number of aryl methyl sites for hydroxylation is 2. The minimum Gasteiger partial charge on any atom is -0.477 e. The molecule has 0 saturated heterocycles. The van der Waals surface area contributed by atoms with Crippen LogP contribution in [-0.2, 0) is 0 Å². The van der Waals surface area contributed by atoms with Crippen LogP contribution in [0.3, 0.4) is 0 Å². The van der Waals surface area contributed by atoms with Crippen molar-refractivity contribution in [1.82, 2.24) is 9.97 Å². The maximum atomic E-state index is 11.0. The molecule has 2 rings (SSSR count). The van der Waals surface area contributed by atoms with Gasteiger partial charge in [-0.2, -0.15) is 0 Å². The van der Waals surface area contributed by atoms with Crippen molar-refractivity contribution in [3.05, 3.63) is 47.5 Å². The zero-order valence-corrected chi connectivity index (χ0v) is 10.0. The number of hydrogen-bond acceptors (Lipinski definition) is 4. The Kier molecular flexibility index (Phi) is 3.23. The van der Waals surface area contributed by atoms with Gasteiger partial charge < -0.3 is 9.84 Å². The molecule has 0 bridgehead atoms. The lowest BCUT2D eigenvalue weighted by molar-refractivity contribution is 0.0693. The Bertz CT molecular complexity index is 579. The van der Waals surface area contributed by atoms with E-state index in [1.807, 2.05) is 6.92 Å². The lowest BCUT2D eigenvalue weighted by Crippen LogP contribution is -2.02. The van der Waals surface area contributed by atoms with Gasteiger partial charge in [0.15, 0.2) is 0 Å². The molecule has 0 aliphatic rings. The molecule has 2 heterocycles. The molecule has 0 unspecified atom stereocenters. The SMILES string of the molecule is Cc1ccc(Oc2cc(C)ncc2C(=O)O)cn1. The van der Waals surface area contributed by atoms with Crippen LogP contribution in [0.25, 0.3) is 0 Å². The van der Waals surface area contributed by atoms with E-state index in [1.165, 1.54) is 6.20 Å². The van der Waals surface area contributed by atoms with Crippen LogP contribution < -0.4 is 4.74 Å². The van der Waals surface area contributed by atoms with E-state index in [0.717, 1.165) is 5.69 Å². The van der Waals surface area contributed by atoms with Gasteiger partial charge in [-0.15, -0.1) is 0 Å². The maximum Gasteiger partial charge on any atom is 0.341 e. The number of pyridine rings is 2. The van der Waals surface area contributed by atoms with Crippen molar-refractivity contribution in [2.75, 3.05) is 0 Å². The van der Waals surface area contributed by atoms with E-state index in [0.29, 0.717) is 11.4 Å². The van der Waals surface area contributed by atoms with Crippen molar-refractivity contribution in [2.45, 2.75) is 13.8 Å². The normalized spacial score (nSPS) is 10.1. The predicted octanol–water partition coefficient (Wildman–Crippen LogP) is 2.58. The van der Waals surface area contributed by atoms with Gasteiger partial charge in [-0.1, -0.05) is 0 Å². The van der Waals surface area contributed by atoms with Gasteiger partial charge in [0.25, 0.3) is 0 Å². The van der Waals surface area contributed by atoms with Gasteiger partial charge in [-0.3, -0.25) is 9.97 Å². The molecular formula is C13H12N2O3. The second-order valence-electron chi connectivity index (χ2n) is 3.86. The minimum atomic E-state index is -1.07. The molecule has 2 aromatic heterocycles. The van der Waals surface area contributed by atoms with Crippen LogP contribution in [0.4, 0.5) is 0 Å². The molecule has 0 aliphatic heterocycles. The molecule has 5 heteroatoms. The number of carboxylic acids is 1. The first kappa shape index (κ1) is 12.0. The second-order valence-corrected chi connectivity index (χ2v) is 3.86. The summed E-state index contributed by atoms with van der Waals surface area (Å²) in [7, 11) is 0. The Labute approximate surface area is 104 Å². The van der Waals surface area contributed by atoms with Crippen LogP contribution >= 0.6 is 0 Å². The second kappa shape index (κ2) is 4.83. The Morgan fingerprint density at radius 1 is 1.17 bits per heavy atom. The highest BCUT2D eigenvalue weighted by Crippen LogP contribution is 2.25. The van der Waals surface area contributed by atoms with E-state index in [1.54, 1.807) is 31.3 Å². The molecule has 0 spiro atoms. The average Bonchev–Trinajstić information content (AvgIpc) is 2.32. The molecule has 18 heavy (non-hydrogen) atoms. The third kappa shape index (κ3) is 2.63. The Morgan fingerprint density at radius 3 is 2.50 bits per heavy atom. The van der Waals surface area contributed by atoms with Crippen molar-refractivity contribution in [2.24, 2.45) is 0 Å². The van der Waals surface area contributed by atoms with Crippen LogP contribution in [0.2, 0.25) is 0 Å². The summed E-state index contributed by atoms with van der Waals surface area (Å²) in [6, 6.07) is 5.12. The highest BCUT2D eigenvalue weighted by molar-refractivity contribution is 5.90. The van der Waals surface area contributed by atoms with Gasteiger partial charge in [-0.05, 0) is 26.0 Å². The molecule has 0 radical (unpaired) electrons. The summed E-state index contributed by atoms with van der Waals surface area (Å²) in [5.74, 6) is -0.313. The molecule has 0 fully saturated rings. The van der Waals surface area contributed by atoms with E-state index >= 15 is 0 Å². The van der Waals surface area contributed by atoms with Gasteiger partial charge in [0.1, 0.15) is 17.1 Å². The van der Waals surface area contributed by atoms with Gasteiger partial charge in [0.05, 0.1) is 6.20 Å². The molecule has 0 aromatic carbocycles. The number of hydrogen-bond donors (Lipinski definition) is 1. The summed E-state index contributed by atoms with van der Waals surface area (Å²) in [6.07, 6.45) is 2.84. The Hall–Kier alpha value is -2.43. The van der Waals surface area contributed by atoms with Crippen molar-refractivity contribution in [3.63, 3.8) is 0 Å². The van der Waals surface area contributed by atoms with Gasteiger partial charge in [0.2, 0.25) is 0 Å². The molecule has 0 amide bonds. The summed E-state index contributed by atoms with van der Waals surface area (Å²) in [5.41, 5.74) is 1.59. The van der Waals surface area contributed by atoms with Crippen molar-refractivity contribution in [3.8, 4) is 11.5 Å². The van der Waals surface area contributed by atoms with Crippen molar-refractivity contribution in [1.29, 1.82) is 0 Å². The third-order valence-electron chi connectivity index (χ3n) is 2.35. The largest absolute Gasteiger partial charge is 0.477 e. The number of ether oxygens (including phenoxy) is 1. The molecule has 0 saturated carbocycles. The summed E-state index contributed by atoms with van der Waals surface area (Å²) < 4.78 is 5.52. The fourth-order valence-electron chi connectivity index (χ4n) is 1.42. The fraction of sp³-hybridized carbons (Fsp3) is 0.154. The average molecular weight is 244 g/mol. The summed E-state index contributed by atoms with van der Waals surface area (Å²) in [4.78, 5) is 19.1. The minimum absolute atomic E-state index is 0.0289. The van der Waals surface area contributed by atoms with Crippen LogP contribution in [-0.4, -0.2) is 21.0 Å². The highest BCUT2D eigenvalue weighted by atomic mass is 16.5. The molecule has 0 atom stereocenters. The van der Waals surface area contributed by atoms with Crippen molar-refractivity contribution >= 4 is 5.97 Å². The van der Waals surface area contributed by atoms with E-state index in [-0.39, 0.29) is 11.3 Å². The summed E-state index contributed by atoms with van der Waals surface area (Å²) in [5, 5.41) is 9.04. The first-order valence-corrected chi connectivity index (χ1v) is 5.36. The summed E-state index contributed by atoms with van der Waals surface area (Å²) >= 11 is 0. The number of aromatic carboxylic acids is 1. The highest BCUT2D eigenvalue weighted by Gasteiger charge is 2.13. The summed E-state index contributed by atoms with van der Waals surface area (Å²) in [6.45, 7) is 3.63. The third-order valence-corrected chi connectivity index (χ3v) is 2.35. The van der Waals surface area contributed by atoms with Gasteiger partial charge in [0, 0.05) is 23.7 Å². The number of carbonyl (C=O) groups is 1. The molecule has 2 aromatic rings. The van der Waals surface area contributed by atoms with Crippen LogP contribution in [0, 0.1) is 13.8 Å². The molecule has 0 aliphatic carbocycles. The van der Waals surface area contributed by atoms with Gasteiger partial charge in [-0.25, -0.2) is 4.79 Å². The lowest BCUT2D eigenvalue weighted by atomic mass is 10.2. The predicted molar refractivity (Wildman–Crippen MR) is 65.0 cm³/mol. The monoisotopic (exact) mass is 244 g/mol. The maximum absolute atomic E-state index is 11.0. The van der Waals surface area contributed by atoms with Crippen LogP contribution in [0.15, 0.2) is 30.6 Å². The van der Waals surface area contributed by atoms with Crippen LogP contribution in [0.5, 0.6) is 11.5 Å². The zero-order chi connectivity index (χ0) is 13.1. The number of rotatable bonds is 3. The Balaban J connectivity index is 2.35. The number of nitrogens with zero attached hydrogens (tertiary/aromatic N) is 2. The molecule has 5 nitrogen and oxygen atoms in total. The number of carboxylic acid groups (broad SMARTS) is 1. The van der Waals surface area contributed by atoms with E-state index < -0.39 is 5.97 Å². The number of aromatic nitrogens is 2. The topological polar surface area (TPSA) is 72.3 Å². The van der Waals surface area contributed by atoms with Crippen LogP contribution in [0.1, 0.15) is 21.7 Å².